The first-order chi connectivity index (χ1) is 12.1. The van der Waals surface area contributed by atoms with Gasteiger partial charge in [-0.15, -0.1) is 11.3 Å². The third-order valence-electron chi connectivity index (χ3n) is 5.64. The first kappa shape index (κ1) is 15.6. The molecule has 4 aliphatic rings. The van der Waals surface area contributed by atoms with Crippen molar-refractivity contribution >= 4 is 34.0 Å². The molecule has 0 unspecified atom stereocenters. The van der Waals surface area contributed by atoms with Gasteiger partial charge in [-0.25, -0.2) is 9.78 Å². The van der Waals surface area contributed by atoms with Crippen LogP contribution in [0, 0.1) is 5.92 Å². The summed E-state index contributed by atoms with van der Waals surface area (Å²) in [5, 5.41) is 1.39. The van der Waals surface area contributed by atoms with Crippen LogP contribution in [-0.4, -0.2) is 47.8 Å². The Kier molecular flexibility index (Phi) is 3.55. The molecule has 7 heteroatoms. The maximum absolute atomic E-state index is 12.6. The molecule has 4 fully saturated rings. The van der Waals surface area contributed by atoms with Gasteiger partial charge in [0.2, 0.25) is 0 Å². The maximum Gasteiger partial charge on any atom is 0.415 e. The zero-order chi connectivity index (χ0) is 17.0. The predicted octanol–water partition coefficient (Wildman–Crippen LogP) is 3.88. The van der Waals surface area contributed by atoms with Crippen molar-refractivity contribution in [3.05, 3.63) is 35.6 Å². The molecule has 25 heavy (non-hydrogen) atoms. The van der Waals surface area contributed by atoms with Crippen LogP contribution in [0.3, 0.4) is 0 Å². The smallest absolute Gasteiger partial charge is 0.415 e. The summed E-state index contributed by atoms with van der Waals surface area (Å²) in [6, 6.07) is 7.79. The van der Waals surface area contributed by atoms with Crippen molar-refractivity contribution in [2.24, 2.45) is 5.92 Å². The molecule has 4 aliphatic heterocycles. The Bertz CT molecular complexity index is 833. The molecule has 0 saturated carbocycles. The van der Waals surface area contributed by atoms with Gasteiger partial charge >= 0.3 is 6.09 Å². The zero-order valence-electron chi connectivity index (χ0n) is 13.7. The topological polar surface area (TPSA) is 45.7 Å². The lowest BCUT2D eigenvalue weighted by Gasteiger charge is -2.49. The van der Waals surface area contributed by atoms with Gasteiger partial charge in [0, 0.05) is 29.1 Å². The van der Waals surface area contributed by atoms with E-state index in [2.05, 4.69) is 9.88 Å². The fraction of sp³-hybridized carbons (Fsp3) is 0.444. The maximum atomic E-state index is 12.6. The third-order valence-corrected chi connectivity index (χ3v) is 7.08. The number of carbonyl (C=O) groups is 1. The number of aromatic nitrogens is 1. The summed E-state index contributed by atoms with van der Waals surface area (Å²) in [5.41, 5.74) is 0.564. The Morgan fingerprint density at radius 1 is 1.24 bits per heavy atom. The lowest BCUT2D eigenvalue weighted by atomic mass is 9.75. The monoisotopic (exact) mass is 375 g/mol. The van der Waals surface area contributed by atoms with Gasteiger partial charge in [-0.1, -0.05) is 11.6 Å². The van der Waals surface area contributed by atoms with E-state index in [1.165, 1.54) is 0 Å². The number of thiophene rings is 1. The van der Waals surface area contributed by atoms with Gasteiger partial charge in [-0.3, -0.25) is 9.80 Å². The van der Waals surface area contributed by atoms with Crippen LogP contribution in [0.2, 0.25) is 5.15 Å². The summed E-state index contributed by atoms with van der Waals surface area (Å²) in [4.78, 5) is 21.9. The van der Waals surface area contributed by atoms with Gasteiger partial charge < -0.3 is 4.74 Å². The average molecular weight is 376 g/mol. The highest BCUT2D eigenvalue weighted by Gasteiger charge is 2.55. The lowest BCUT2D eigenvalue weighted by molar-refractivity contribution is -0.0881. The number of ether oxygens (including phenoxy) is 1. The Hall–Kier alpha value is -1.63. The normalized spacial score (nSPS) is 30.9. The van der Waals surface area contributed by atoms with Crippen LogP contribution in [0.1, 0.15) is 12.8 Å². The molecule has 1 amide bonds. The molecule has 2 bridgehead atoms. The molecule has 1 spiro atoms. The fourth-order valence-electron chi connectivity index (χ4n) is 4.37. The van der Waals surface area contributed by atoms with E-state index in [4.69, 9.17) is 16.3 Å². The standard InChI is InChI=1S/C18H18ClN3O2S/c19-16-13(2-1-7-20-16)14-3-4-15(25-14)22-11-18(24-17(22)23)10-21-8-5-12(18)6-9-21/h1-4,7,12H,5-6,8-11H2/t18-/m1/s1. The molecule has 0 N–H and O–H groups in total. The largest absolute Gasteiger partial charge is 0.439 e. The summed E-state index contributed by atoms with van der Waals surface area (Å²) in [7, 11) is 0. The molecule has 0 aliphatic carbocycles. The van der Waals surface area contributed by atoms with Crippen molar-refractivity contribution in [3.8, 4) is 10.4 Å². The number of halogens is 1. The van der Waals surface area contributed by atoms with Crippen LogP contribution in [0.5, 0.6) is 0 Å². The molecule has 0 aromatic carbocycles. The van der Waals surface area contributed by atoms with E-state index in [1.807, 2.05) is 24.3 Å². The van der Waals surface area contributed by atoms with E-state index < -0.39 is 0 Å². The quantitative estimate of drug-likeness (QED) is 0.747. The number of anilines is 1. The van der Waals surface area contributed by atoms with Gasteiger partial charge in [0.25, 0.3) is 0 Å². The minimum Gasteiger partial charge on any atom is -0.439 e. The number of hydrogen-bond donors (Lipinski definition) is 0. The molecule has 2 aromatic rings. The van der Waals surface area contributed by atoms with Crippen molar-refractivity contribution in [2.45, 2.75) is 18.4 Å². The van der Waals surface area contributed by atoms with Crippen molar-refractivity contribution in [1.82, 2.24) is 9.88 Å². The number of carbonyl (C=O) groups excluding carboxylic acids is 1. The van der Waals surface area contributed by atoms with E-state index >= 15 is 0 Å². The van der Waals surface area contributed by atoms with E-state index in [1.54, 1.807) is 22.4 Å². The van der Waals surface area contributed by atoms with E-state index in [0.717, 1.165) is 47.9 Å². The minimum absolute atomic E-state index is 0.223. The fourth-order valence-corrected chi connectivity index (χ4v) is 5.67. The molecule has 2 aromatic heterocycles. The van der Waals surface area contributed by atoms with Crippen LogP contribution >= 0.6 is 22.9 Å². The van der Waals surface area contributed by atoms with Crippen LogP contribution in [-0.2, 0) is 4.74 Å². The molecular formula is C18H18ClN3O2S. The Balaban J connectivity index is 1.43. The van der Waals surface area contributed by atoms with Gasteiger partial charge in [0.1, 0.15) is 15.8 Å². The van der Waals surface area contributed by atoms with Crippen molar-refractivity contribution in [3.63, 3.8) is 0 Å². The van der Waals surface area contributed by atoms with Crippen molar-refractivity contribution in [2.75, 3.05) is 31.1 Å². The molecule has 0 radical (unpaired) electrons. The highest BCUT2D eigenvalue weighted by molar-refractivity contribution is 7.19. The lowest BCUT2D eigenvalue weighted by Crippen LogP contribution is -2.61. The molecule has 6 rings (SSSR count). The van der Waals surface area contributed by atoms with E-state index in [-0.39, 0.29) is 11.7 Å². The second kappa shape index (κ2) is 5.69. The van der Waals surface area contributed by atoms with Gasteiger partial charge in [0.05, 0.1) is 6.54 Å². The summed E-state index contributed by atoms with van der Waals surface area (Å²) in [6.45, 7) is 3.78. The Labute approximate surface area is 155 Å². The van der Waals surface area contributed by atoms with E-state index in [0.29, 0.717) is 17.6 Å². The number of nitrogens with zero attached hydrogens (tertiary/aromatic N) is 3. The number of piperidine rings is 3. The Morgan fingerprint density at radius 2 is 2.08 bits per heavy atom. The molecule has 1 atom stereocenters. The van der Waals surface area contributed by atoms with Gasteiger partial charge in [-0.05, 0) is 50.2 Å². The highest BCUT2D eigenvalue weighted by atomic mass is 35.5. The predicted molar refractivity (Wildman–Crippen MR) is 98.3 cm³/mol. The van der Waals surface area contributed by atoms with Crippen molar-refractivity contribution in [1.29, 1.82) is 0 Å². The van der Waals surface area contributed by atoms with Crippen LogP contribution < -0.4 is 4.90 Å². The van der Waals surface area contributed by atoms with Gasteiger partial charge in [0.15, 0.2) is 0 Å². The number of pyridine rings is 1. The minimum atomic E-state index is -0.330. The first-order valence-electron chi connectivity index (χ1n) is 8.58. The highest BCUT2D eigenvalue weighted by Crippen LogP contribution is 2.45. The SMILES string of the molecule is O=C1O[C@]2(CN3CCC2CC3)CN1c1ccc(-c2cccnc2Cl)s1. The van der Waals surface area contributed by atoms with E-state index in [9.17, 15) is 4.79 Å². The van der Waals surface area contributed by atoms with Crippen LogP contribution in [0.25, 0.3) is 10.4 Å². The molecule has 5 nitrogen and oxygen atoms in total. The summed E-state index contributed by atoms with van der Waals surface area (Å²) in [6.07, 6.45) is 3.71. The van der Waals surface area contributed by atoms with Crippen molar-refractivity contribution < 1.29 is 9.53 Å². The van der Waals surface area contributed by atoms with Gasteiger partial charge in [-0.2, -0.15) is 0 Å². The number of amides is 1. The number of rotatable bonds is 2. The molecule has 6 heterocycles. The molecule has 130 valence electrons. The second-order valence-corrected chi connectivity index (χ2v) is 8.47. The first-order valence-corrected chi connectivity index (χ1v) is 9.78. The number of fused-ring (bicyclic) bond motifs is 2. The average Bonchev–Trinajstić information content (AvgIpc) is 3.21. The molecule has 4 saturated heterocycles. The van der Waals surface area contributed by atoms with Crippen LogP contribution in [0.15, 0.2) is 30.5 Å². The van der Waals surface area contributed by atoms with Crippen LogP contribution in [0.4, 0.5) is 9.80 Å². The zero-order valence-corrected chi connectivity index (χ0v) is 15.2. The summed E-state index contributed by atoms with van der Waals surface area (Å²) < 4.78 is 5.94. The Morgan fingerprint density at radius 3 is 2.80 bits per heavy atom. The summed E-state index contributed by atoms with van der Waals surface area (Å²) >= 11 is 7.76. The second-order valence-electron chi connectivity index (χ2n) is 7.05. The summed E-state index contributed by atoms with van der Waals surface area (Å²) in [5.74, 6) is 0.485. The molecular weight excluding hydrogens is 358 g/mol. The third kappa shape index (κ3) is 2.46. The number of hydrogen-bond acceptors (Lipinski definition) is 5.